The van der Waals surface area contributed by atoms with Gasteiger partial charge in [0.15, 0.2) is 0 Å². The predicted octanol–water partition coefficient (Wildman–Crippen LogP) is 4.16. The van der Waals surface area contributed by atoms with E-state index in [1.54, 1.807) is 24.3 Å². The third-order valence-corrected chi connectivity index (χ3v) is 4.09. The second-order valence-corrected chi connectivity index (χ2v) is 5.39. The molecule has 0 aliphatic carbocycles. The normalized spacial score (nSPS) is 19.8. The number of likely N-dealkylation sites (tertiary alicyclic amines) is 1. The topological polar surface area (TPSA) is 20.3 Å². The van der Waals surface area contributed by atoms with E-state index in [1.807, 2.05) is 0 Å². The SMILES string of the molecule is O=C(N1CCCC1c1ccc(SCl)cc1)C(F)(F)F. The largest absolute Gasteiger partial charge is 0.471 e. The molecule has 1 fully saturated rings. The number of rotatable bonds is 2. The summed E-state index contributed by atoms with van der Waals surface area (Å²) in [5, 5.41) is 0. The van der Waals surface area contributed by atoms with Crippen molar-refractivity contribution in [1.82, 2.24) is 4.90 Å². The summed E-state index contributed by atoms with van der Waals surface area (Å²) in [6.07, 6.45) is -3.68. The molecule has 104 valence electrons. The van der Waals surface area contributed by atoms with Gasteiger partial charge in [0, 0.05) is 11.4 Å². The molecule has 2 nitrogen and oxygen atoms in total. The van der Waals surface area contributed by atoms with E-state index in [0.29, 0.717) is 18.4 Å². The van der Waals surface area contributed by atoms with E-state index in [4.69, 9.17) is 10.7 Å². The van der Waals surface area contributed by atoms with Crippen LogP contribution in [-0.4, -0.2) is 23.5 Å². The maximum atomic E-state index is 12.5. The minimum Gasteiger partial charge on any atom is -0.328 e. The molecule has 0 N–H and O–H groups in total. The molecule has 1 aromatic carbocycles. The molecule has 1 aliphatic heterocycles. The number of carbonyl (C=O) groups is 1. The van der Waals surface area contributed by atoms with Crippen molar-refractivity contribution < 1.29 is 18.0 Å². The van der Waals surface area contributed by atoms with E-state index < -0.39 is 18.1 Å². The van der Waals surface area contributed by atoms with Gasteiger partial charge in [0.25, 0.3) is 0 Å². The highest BCUT2D eigenvalue weighted by atomic mass is 35.7. The lowest BCUT2D eigenvalue weighted by Gasteiger charge is -2.26. The van der Waals surface area contributed by atoms with Crippen molar-refractivity contribution in [2.75, 3.05) is 6.54 Å². The average molecular weight is 310 g/mol. The summed E-state index contributed by atoms with van der Waals surface area (Å²) in [5.74, 6) is -1.76. The highest BCUT2D eigenvalue weighted by Gasteiger charge is 2.46. The van der Waals surface area contributed by atoms with Gasteiger partial charge in [0.05, 0.1) is 6.04 Å². The van der Waals surface area contributed by atoms with Crippen LogP contribution in [0.4, 0.5) is 13.2 Å². The van der Waals surface area contributed by atoms with Crippen LogP contribution in [0.15, 0.2) is 29.2 Å². The van der Waals surface area contributed by atoms with Crippen LogP contribution in [0.2, 0.25) is 0 Å². The van der Waals surface area contributed by atoms with Crippen molar-refractivity contribution in [2.24, 2.45) is 0 Å². The molecular formula is C12H11ClF3NOS. The lowest BCUT2D eigenvalue weighted by atomic mass is 10.0. The van der Waals surface area contributed by atoms with Gasteiger partial charge in [-0.25, -0.2) is 0 Å². The minimum atomic E-state index is -4.81. The molecule has 0 spiro atoms. The Morgan fingerprint density at radius 3 is 2.47 bits per heavy atom. The van der Waals surface area contributed by atoms with Crippen molar-refractivity contribution in [3.63, 3.8) is 0 Å². The van der Waals surface area contributed by atoms with Crippen LogP contribution in [0.1, 0.15) is 24.4 Å². The van der Waals surface area contributed by atoms with E-state index in [0.717, 1.165) is 20.8 Å². The Bertz CT molecular complexity index is 463. The molecule has 1 aromatic rings. The zero-order valence-corrected chi connectivity index (χ0v) is 11.4. The van der Waals surface area contributed by atoms with Gasteiger partial charge in [0.1, 0.15) is 0 Å². The second kappa shape index (κ2) is 5.63. The molecule has 1 heterocycles. The Morgan fingerprint density at radius 2 is 1.95 bits per heavy atom. The number of hydrogen-bond acceptors (Lipinski definition) is 2. The van der Waals surface area contributed by atoms with Gasteiger partial charge in [-0.2, -0.15) is 13.2 Å². The molecular weight excluding hydrogens is 299 g/mol. The average Bonchev–Trinajstić information content (AvgIpc) is 2.85. The molecule has 1 unspecified atom stereocenters. The van der Waals surface area contributed by atoms with Crippen LogP contribution in [-0.2, 0) is 4.79 Å². The van der Waals surface area contributed by atoms with E-state index >= 15 is 0 Å². The lowest BCUT2D eigenvalue weighted by Crippen LogP contribution is -2.40. The van der Waals surface area contributed by atoms with Gasteiger partial charge in [-0.15, -0.1) is 0 Å². The first-order valence-electron chi connectivity index (χ1n) is 5.70. The van der Waals surface area contributed by atoms with E-state index in [9.17, 15) is 18.0 Å². The van der Waals surface area contributed by atoms with Crippen LogP contribution >= 0.6 is 21.7 Å². The first-order chi connectivity index (χ1) is 8.93. The van der Waals surface area contributed by atoms with E-state index in [1.165, 1.54) is 0 Å². The summed E-state index contributed by atoms with van der Waals surface area (Å²) in [6.45, 7) is 0.148. The number of hydrogen-bond donors (Lipinski definition) is 0. The smallest absolute Gasteiger partial charge is 0.328 e. The fraction of sp³-hybridized carbons (Fsp3) is 0.417. The van der Waals surface area contributed by atoms with Crippen molar-refractivity contribution in [2.45, 2.75) is 30.0 Å². The lowest BCUT2D eigenvalue weighted by molar-refractivity contribution is -0.186. The van der Waals surface area contributed by atoms with Crippen LogP contribution in [0.3, 0.4) is 0 Å². The number of alkyl halides is 3. The number of halogens is 4. The number of amides is 1. The maximum Gasteiger partial charge on any atom is 0.471 e. The quantitative estimate of drug-likeness (QED) is 0.817. The van der Waals surface area contributed by atoms with Crippen LogP contribution in [0, 0.1) is 0 Å². The summed E-state index contributed by atoms with van der Waals surface area (Å²) in [5.41, 5.74) is 0.713. The van der Waals surface area contributed by atoms with Crippen molar-refractivity contribution in [3.8, 4) is 0 Å². The molecule has 19 heavy (non-hydrogen) atoms. The Hall–Kier alpha value is -0.880. The number of nitrogens with zero attached hydrogens (tertiary/aromatic N) is 1. The van der Waals surface area contributed by atoms with Crippen LogP contribution < -0.4 is 0 Å². The molecule has 1 aliphatic rings. The summed E-state index contributed by atoms with van der Waals surface area (Å²) < 4.78 is 37.5. The summed E-state index contributed by atoms with van der Waals surface area (Å²) >= 11 is 0. The zero-order chi connectivity index (χ0) is 14.0. The monoisotopic (exact) mass is 309 g/mol. The third kappa shape index (κ3) is 3.17. The van der Waals surface area contributed by atoms with Gasteiger partial charge < -0.3 is 4.90 Å². The van der Waals surface area contributed by atoms with Crippen LogP contribution in [0.25, 0.3) is 0 Å². The Kier molecular flexibility index (Phi) is 4.30. The van der Waals surface area contributed by atoms with Crippen molar-refractivity contribution in [1.29, 1.82) is 0 Å². The Labute approximate surface area is 117 Å². The fourth-order valence-corrected chi connectivity index (χ4v) is 2.81. The van der Waals surface area contributed by atoms with Gasteiger partial charge in [-0.3, -0.25) is 4.79 Å². The highest BCUT2D eigenvalue weighted by Crippen LogP contribution is 2.36. The summed E-state index contributed by atoms with van der Waals surface area (Å²) in [4.78, 5) is 13.1. The molecule has 0 radical (unpaired) electrons. The number of carbonyl (C=O) groups excluding carboxylic acids is 1. The molecule has 1 amide bonds. The molecule has 0 bridgehead atoms. The summed E-state index contributed by atoms with van der Waals surface area (Å²) in [6, 6.07) is 6.42. The molecule has 1 atom stereocenters. The Morgan fingerprint density at radius 1 is 1.32 bits per heavy atom. The first kappa shape index (κ1) is 14.5. The Balaban J connectivity index is 2.20. The standard InChI is InChI=1S/C12H11ClF3NOS/c13-19-9-5-3-8(4-6-9)10-2-1-7-17(10)11(18)12(14,15)16/h3-6,10H,1-2,7H2. The van der Waals surface area contributed by atoms with E-state index in [2.05, 4.69) is 0 Å². The second-order valence-electron chi connectivity index (χ2n) is 4.30. The minimum absolute atomic E-state index is 0.148. The van der Waals surface area contributed by atoms with Gasteiger partial charge in [-0.05, 0) is 52.2 Å². The molecule has 0 aromatic heterocycles. The van der Waals surface area contributed by atoms with Crippen LogP contribution in [0.5, 0.6) is 0 Å². The third-order valence-electron chi connectivity index (χ3n) is 3.11. The van der Waals surface area contributed by atoms with Crippen molar-refractivity contribution >= 4 is 27.6 Å². The first-order valence-corrected chi connectivity index (χ1v) is 7.34. The molecule has 7 heteroatoms. The van der Waals surface area contributed by atoms with Gasteiger partial charge in [0.2, 0.25) is 0 Å². The highest BCUT2D eigenvalue weighted by molar-refractivity contribution is 8.21. The summed E-state index contributed by atoms with van der Waals surface area (Å²) in [7, 11) is 6.62. The van der Waals surface area contributed by atoms with E-state index in [-0.39, 0.29) is 6.54 Å². The zero-order valence-electron chi connectivity index (χ0n) is 9.78. The molecule has 2 rings (SSSR count). The maximum absolute atomic E-state index is 12.5. The van der Waals surface area contributed by atoms with Gasteiger partial charge in [-0.1, -0.05) is 12.1 Å². The fourth-order valence-electron chi connectivity index (χ4n) is 2.26. The number of benzene rings is 1. The molecule has 0 saturated carbocycles. The predicted molar refractivity (Wildman–Crippen MR) is 67.9 cm³/mol. The molecule has 1 saturated heterocycles. The van der Waals surface area contributed by atoms with Gasteiger partial charge >= 0.3 is 12.1 Å². The van der Waals surface area contributed by atoms with Crippen molar-refractivity contribution in [3.05, 3.63) is 29.8 Å².